The molecule has 0 bridgehead atoms. The largest absolute Gasteiger partial charge is 0.378 e. The molecular formula is C19H20N4O2. The van der Waals surface area contributed by atoms with Crippen molar-refractivity contribution in [2.75, 3.05) is 19.0 Å². The van der Waals surface area contributed by atoms with Crippen molar-refractivity contribution in [2.45, 2.75) is 13.0 Å². The zero-order valence-electron chi connectivity index (χ0n) is 14.4. The van der Waals surface area contributed by atoms with E-state index in [1.807, 2.05) is 68.4 Å². The number of rotatable bonds is 5. The fourth-order valence-electron chi connectivity index (χ4n) is 2.37. The molecule has 6 heteroatoms. The van der Waals surface area contributed by atoms with Gasteiger partial charge in [-0.3, -0.25) is 4.79 Å². The molecule has 1 atom stereocenters. The summed E-state index contributed by atoms with van der Waals surface area (Å²) in [5.41, 5.74) is 2.55. The maximum Gasteiger partial charge on any atom is 0.251 e. The van der Waals surface area contributed by atoms with Gasteiger partial charge in [0.1, 0.15) is 6.04 Å². The third-order valence-electron chi connectivity index (χ3n) is 3.84. The minimum Gasteiger partial charge on any atom is -0.378 e. The number of benzene rings is 2. The molecule has 0 radical (unpaired) electrons. The highest BCUT2D eigenvalue weighted by Gasteiger charge is 2.18. The number of hydrogen-bond acceptors (Lipinski definition) is 5. The first-order chi connectivity index (χ1) is 12.0. The van der Waals surface area contributed by atoms with E-state index in [0.29, 0.717) is 17.3 Å². The molecule has 0 aliphatic rings. The van der Waals surface area contributed by atoms with Crippen LogP contribution >= 0.6 is 0 Å². The number of carbonyl (C=O) groups is 1. The lowest BCUT2D eigenvalue weighted by atomic mass is 10.2. The molecule has 1 amide bonds. The van der Waals surface area contributed by atoms with E-state index >= 15 is 0 Å². The van der Waals surface area contributed by atoms with Crippen molar-refractivity contribution >= 4 is 11.6 Å². The van der Waals surface area contributed by atoms with Gasteiger partial charge in [-0.25, -0.2) is 0 Å². The van der Waals surface area contributed by atoms with Crippen molar-refractivity contribution in [1.29, 1.82) is 0 Å². The summed E-state index contributed by atoms with van der Waals surface area (Å²) in [6.07, 6.45) is 0. The Balaban J connectivity index is 1.71. The summed E-state index contributed by atoms with van der Waals surface area (Å²) >= 11 is 0. The number of aromatic nitrogens is 2. The van der Waals surface area contributed by atoms with E-state index < -0.39 is 0 Å². The third-order valence-corrected chi connectivity index (χ3v) is 3.84. The Morgan fingerprint density at radius 1 is 1.08 bits per heavy atom. The van der Waals surface area contributed by atoms with Crippen molar-refractivity contribution in [2.24, 2.45) is 0 Å². The molecule has 2 aromatic carbocycles. The summed E-state index contributed by atoms with van der Waals surface area (Å²) in [6.45, 7) is 1.81. The maximum atomic E-state index is 12.2. The van der Waals surface area contributed by atoms with Crippen LogP contribution < -0.4 is 10.2 Å². The summed E-state index contributed by atoms with van der Waals surface area (Å²) < 4.78 is 5.31. The van der Waals surface area contributed by atoms with E-state index in [1.54, 1.807) is 12.1 Å². The molecular weight excluding hydrogens is 316 g/mol. The molecule has 3 rings (SSSR count). The van der Waals surface area contributed by atoms with Crippen LogP contribution in [0.25, 0.3) is 11.4 Å². The van der Waals surface area contributed by atoms with Gasteiger partial charge in [0.2, 0.25) is 11.7 Å². The van der Waals surface area contributed by atoms with Crippen LogP contribution in [0.1, 0.15) is 29.2 Å². The van der Waals surface area contributed by atoms with Gasteiger partial charge in [0.15, 0.2) is 0 Å². The van der Waals surface area contributed by atoms with Gasteiger partial charge in [0.25, 0.3) is 5.91 Å². The summed E-state index contributed by atoms with van der Waals surface area (Å²) in [4.78, 5) is 18.6. The lowest BCUT2D eigenvalue weighted by molar-refractivity contribution is 0.0932. The van der Waals surface area contributed by atoms with Crippen molar-refractivity contribution < 1.29 is 9.32 Å². The highest BCUT2D eigenvalue weighted by molar-refractivity contribution is 5.94. The van der Waals surface area contributed by atoms with Gasteiger partial charge in [-0.1, -0.05) is 23.4 Å². The molecule has 0 aliphatic heterocycles. The number of carbonyl (C=O) groups excluding carboxylic acids is 1. The minimum atomic E-state index is -0.380. The second kappa shape index (κ2) is 7.17. The summed E-state index contributed by atoms with van der Waals surface area (Å²) in [6, 6.07) is 16.5. The zero-order chi connectivity index (χ0) is 17.8. The summed E-state index contributed by atoms with van der Waals surface area (Å²) in [5.74, 6) is 0.695. The topological polar surface area (TPSA) is 71.3 Å². The van der Waals surface area contributed by atoms with Crippen LogP contribution in [-0.2, 0) is 0 Å². The van der Waals surface area contributed by atoms with Gasteiger partial charge in [-0.15, -0.1) is 0 Å². The molecule has 1 aromatic heterocycles. The molecule has 0 aliphatic carbocycles. The van der Waals surface area contributed by atoms with Crippen LogP contribution in [-0.4, -0.2) is 30.1 Å². The molecule has 0 spiro atoms. The van der Waals surface area contributed by atoms with Gasteiger partial charge >= 0.3 is 0 Å². The molecule has 0 fully saturated rings. The lowest BCUT2D eigenvalue weighted by Crippen LogP contribution is -2.26. The van der Waals surface area contributed by atoms with Crippen LogP contribution in [0.5, 0.6) is 0 Å². The number of nitrogens with zero attached hydrogens (tertiary/aromatic N) is 3. The van der Waals surface area contributed by atoms with Crippen LogP contribution in [0, 0.1) is 0 Å². The van der Waals surface area contributed by atoms with Crippen molar-refractivity contribution in [3.05, 3.63) is 66.1 Å². The van der Waals surface area contributed by atoms with Crippen LogP contribution in [0.4, 0.5) is 5.69 Å². The maximum absolute atomic E-state index is 12.2. The molecule has 0 saturated heterocycles. The molecule has 1 heterocycles. The van der Waals surface area contributed by atoms with Crippen molar-refractivity contribution in [3.63, 3.8) is 0 Å². The third kappa shape index (κ3) is 3.85. The molecule has 6 nitrogen and oxygen atoms in total. The molecule has 0 saturated carbocycles. The Bertz CT molecular complexity index is 841. The number of amides is 1. The molecule has 3 aromatic rings. The summed E-state index contributed by atoms with van der Waals surface area (Å²) in [5, 5.41) is 6.87. The van der Waals surface area contributed by atoms with E-state index in [-0.39, 0.29) is 11.9 Å². The Morgan fingerprint density at radius 3 is 2.40 bits per heavy atom. The average molecular weight is 336 g/mol. The van der Waals surface area contributed by atoms with E-state index in [1.165, 1.54) is 0 Å². The molecule has 1 N–H and O–H groups in total. The van der Waals surface area contributed by atoms with Gasteiger partial charge in [-0.2, -0.15) is 4.98 Å². The van der Waals surface area contributed by atoms with Gasteiger partial charge in [-0.05, 0) is 43.3 Å². The number of hydrogen-bond donors (Lipinski definition) is 1. The number of nitrogens with one attached hydrogen (secondary N) is 1. The second-order valence-electron chi connectivity index (χ2n) is 5.96. The fourth-order valence-corrected chi connectivity index (χ4v) is 2.37. The first-order valence-corrected chi connectivity index (χ1v) is 8.02. The Hall–Kier alpha value is -3.15. The van der Waals surface area contributed by atoms with E-state index in [9.17, 15) is 4.79 Å². The van der Waals surface area contributed by atoms with E-state index in [0.717, 1.165) is 11.3 Å². The van der Waals surface area contributed by atoms with Crippen LogP contribution in [0.2, 0.25) is 0 Å². The minimum absolute atomic E-state index is 0.178. The predicted molar refractivity (Wildman–Crippen MR) is 96.4 cm³/mol. The predicted octanol–water partition coefficient (Wildman–Crippen LogP) is 3.29. The monoisotopic (exact) mass is 336 g/mol. The SMILES string of the molecule is C[C@@H](NC(=O)c1ccccc1)c1nc(-c2ccc(N(C)C)cc2)no1. The lowest BCUT2D eigenvalue weighted by Gasteiger charge is -2.11. The average Bonchev–Trinajstić information content (AvgIpc) is 3.13. The zero-order valence-corrected chi connectivity index (χ0v) is 14.4. The second-order valence-corrected chi connectivity index (χ2v) is 5.96. The van der Waals surface area contributed by atoms with Gasteiger partial charge in [0.05, 0.1) is 0 Å². The smallest absolute Gasteiger partial charge is 0.251 e. The molecule has 0 unspecified atom stereocenters. The highest BCUT2D eigenvalue weighted by atomic mass is 16.5. The quantitative estimate of drug-likeness (QED) is 0.774. The molecule has 128 valence electrons. The Morgan fingerprint density at radius 2 is 1.76 bits per heavy atom. The Labute approximate surface area is 146 Å². The van der Waals surface area contributed by atoms with Gasteiger partial charge < -0.3 is 14.7 Å². The van der Waals surface area contributed by atoms with E-state index in [2.05, 4.69) is 15.5 Å². The van der Waals surface area contributed by atoms with Crippen molar-refractivity contribution in [1.82, 2.24) is 15.5 Å². The van der Waals surface area contributed by atoms with Crippen molar-refractivity contribution in [3.8, 4) is 11.4 Å². The summed E-state index contributed by atoms with van der Waals surface area (Å²) in [7, 11) is 3.97. The Kier molecular flexibility index (Phi) is 4.79. The highest BCUT2D eigenvalue weighted by Crippen LogP contribution is 2.21. The number of anilines is 1. The van der Waals surface area contributed by atoms with Crippen LogP contribution in [0.15, 0.2) is 59.1 Å². The normalized spacial score (nSPS) is 11.8. The van der Waals surface area contributed by atoms with Gasteiger partial charge in [0, 0.05) is 30.9 Å². The standard InChI is InChI=1S/C19H20N4O2/c1-13(20-18(24)15-7-5-4-6-8-15)19-21-17(22-25-19)14-9-11-16(12-10-14)23(2)3/h4-13H,1-3H3,(H,20,24)/t13-/m1/s1. The van der Waals surface area contributed by atoms with E-state index in [4.69, 9.17) is 4.52 Å². The first-order valence-electron chi connectivity index (χ1n) is 8.02. The van der Waals surface area contributed by atoms with Crippen LogP contribution in [0.3, 0.4) is 0 Å². The first kappa shape index (κ1) is 16.7. The fraction of sp³-hybridized carbons (Fsp3) is 0.211. The molecule has 25 heavy (non-hydrogen) atoms.